The van der Waals surface area contributed by atoms with E-state index in [0.29, 0.717) is 34.1 Å². The predicted molar refractivity (Wildman–Crippen MR) is 87.8 cm³/mol. The Balaban J connectivity index is 2.58. The smallest absolute Gasteiger partial charge is 0.357 e. The minimum Gasteiger partial charge on any atom is -0.461 e. The first-order chi connectivity index (χ1) is 11.0. The second-order valence-electron chi connectivity index (χ2n) is 5.04. The molecule has 1 aromatic heterocycles. The molecule has 118 valence electrons. The van der Waals surface area contributed by atoms with Crippen LogP contribution >= 0.6 is 11.6 Å². The molecular weight excluding hydrogens is 314 g/mol. The monoisotopic (exact) mass is 329 g/mol. The highest BCUT2D eigenvalue weighted by molar-refractivity contribution is 6.32. The zero-order valence-corrected chi connectivity index (χ0v) is 13.7. The number of ether oxygens (including phenoxy) is 1. The Morgan fingerprint density at radius 1 is 1.52 bits per heavy atom. The van der Waals surface area contributed by atoms with Crippen LogP contribution in [0.5, 0.6) is 0 Å². The molecular formula is C17H16ClN3O2. The second-order valence-corrected chi connectivity index (χ2v) is 5.45. The van der Waals surface area contributed by atoms with Gasteiger partial charge in [-0.05, 0) is 32.0 Å². The molecule has 0 saturated carbocycles. The summed E-state index contributed by atoms with van der Waals surface area (Å²) in [6.07, 6.45) is 1.99. The molecule has 0 aliphatic carbocycles. The minimum absolute atomic E-state index is 0.262. The van der Waals surface area contributed by atoms with Gasteiger partial charge in [0.05, 0.1) is 34.6 Å². The molecule has 0 unspecified atom stereocenters. The summed E-state index contributed by atoms with van der Waals surface area (Å²) >= 11 is 6.24. The highest BCUT2D eigenvalue weighted by Crippen LogP contribution is 2.25. The number of aromatic nitrogens is 2. The summed E-state index contributed by atoms with van der Waals surface area (Å²) in [6.45, 7) is 7.72. The lowest BCUT2D eigenvalue weighted by Crippen LogP contribution is -2.13. The molecule has 0 amide bonds. The molecule has 5 nitrogen and oxygen atoms in total. The maximum Gasteiger partial charge on any atom is 0.357 e. The van der Waals surface area contributed by atoms with Crippen LogP contribution in [-0.4, -0.2) is 22.1 Å². The third-order valence-corrected chi connectivity index (χ3v) is 3.42. The predicted octanol–water partition coefficient (Wildman–Crippen LogP) is 3.69. The highest BCUT2D eigenvalue weighted by Gasteiger charge is 2.22. The van der Waals surface area contributed by atoms with Gasteiger partial charge in [-0.2, -0.15) is 5.26 Å². The molecule has 2 aromatic rings. The van der Waals surface area contributed by atoms with E-state index in [1.54, 1.807) is 29.7 Å². The summed E-state index contributed by atoms with van der Waals surface area (Å²) < 4.78 is 6.71. The van der Waals surface area contributed by atoms with Crippen molar-refractivity contribution in [2.24, 2.45) is 0 Å². The lowest BCUT2D eigenvalue weighted by molar-refractivity contribution is 0.0516. The van der Waals surface area contributed by atoms with E-state index >= 15 is 0 Å². The number of imidazole rings is 1. The Morgan fingerprint density at radius 3 is 2.83 bits per heavy atom. The average Bonchev–Trinajstić information content (AvgIpc) is 2.89. The van der Waals surface area contributed by atoms with Crippen LogP contribution < -0.4 is 0 Å². The van der Waals surface area contributed by atoms with Crippen molar-refractivity contribution in [2.45, 2.75) is 20.3 Å². The summed E-state index contributed by atoms with van der Waals surface area (Å²) in [4.78, 5) is 16.6. The van der Waals surface area contributed by atoms with E-state index in [1.807, 2.05) is 13.0 Å². The number of nitriles is 1. The fourth-order valence-electron chi connectivity index (χ4n) is 2.17. The van der Waals surface area contributed by atoms with Crippen LogP contribution in [0.3, 0.4) is 0 Å². The second kappa shape index (κ2) is 7.12. The molecule has 2 rings (SSSR count). The molecule has 0 aliphatic rings. The van der Waals surface area contributed by atoms with E-state index in [2.05, 4.69) is 11.6 Å². The third-order valence-electron chi connectivity index (χ3n) is 3.12. The van der Waals surface area contributed by atoms with Gasteiger partial charge in [0, 0.05) is 6.42 Å². The maximum absolute atomic E-state index is 12.3. The van der Waals surface area contributed by atoms with E-state index in [4.69, 9.17) is 21.6 Å². The number of nitrogens with zero attached hydrogens (tertiary/aromatic N) is 3. The number of carbonyl (C=O) groups is 1. The fourth-order valence-corrected chi connectivity index (χ4v) is 2.44. The lowest BCUT2D eigenvalue weighted by atomic mass is 10.1. The van der Waals surface area contributed by atoms with Crippen LogP contribution in [-0.2, 0) is 11.2 Å². The molecule has 1 heterocycles. The van der Waals surface area contributed by atoms with Crippen molar-refractivity contribution in [3.05, 3.63) is 58.7 Å². The summed E-state index contributed by atoms with van der Waals surface area (Å²) in [5.74, 6) is -0.471. The number of benzene rings is 1. The number of hydrogen-bond donors (Lipinski definition) is 0. The lowest BCUT2D eigenvalue weighted by Gasteiger charge is -2.11. The van der Waals surface area contributed by atoms with Crippen LogP contribution in [0.4, 0.5) is 0 Å². The van der Waals surface area contributed by atoms with Crippen molar-refractivity contribution >= 4 is 17.6 Å². The maximum atomic E-state index is 12.3. The SMILES string of the molecule is C=C(C)Cc1ncn(-c2ccc(C#N)cc2Cl)c1C(=O)OCC. The van der Waals surface area contributed by atoms with Gasteiger partial charge in [0.25, 0.3) is 0 Å². The molecule has 0 fully saturated rings. The van der Waals surface area contributed by atoms with Crippen LogP contribution in [0.2, 0.25) is 5.02 Å². The Labute approximate surface area is 139 Å². The van der Waals surface area contributed by atoms with Crippen molar-refractivity contribution in [1.29, 1.82) is 5.26 Å². The quantitative estimate of drug-likeness (QED) is 0.619. The van der Waals surface area contributed by atoms with Crippen molar-refractivity contribution < 1.29 is 9.53 Å². The minimum atomic E-state index is -0.471. The summed E-state index contributed by atoms with van der Waals surface area (Å²) in [5.41, 5.74) is 2.79. The van der Waals surface area contributed by atoms with Gasteiger partial charge < -0.3 is 4.74 Å². The number of allylic oxidation sites excluding steroid dienone is 1. The number of hydrogen-bond acceptors (Lipinski definition) is 4. The molecule has 0 radical (unpaired) electrons. The van der Waals surface area contributed by atoms with Crippen molar-refractivity contribution in [1.82, 2.24) is 9.55 Å². The Bertz CT molecular complexity index is 803. The van der Waals surface area contributed by atoms with Crippen LogP contribution in [0, 0.1) is 11.3 Å². The van der Waals surface area contributed by atoms with E-state index < -0.39 is 5.97 Å². The topological polar surface area (TPSA) is 67.9 Å². The molecule has 0 spiro atoms. The number of halogens is 1. The summed E-state index contributed by atoms with van der Waals surface area (Å²) in [6, 6.07) is 6.88. The van der Waals surface area contributed by atoms with E-state index in [-0.39, 0.29) is 6.61 Å². The van der Waals surface area contributed by atoms with Gasteiger partial charge in [0.15, 0.2) is 5.69 Å². The van der Waals surface area contributed by atoms with Gasteiger partial charge in [-0.25, -0.2) is 9.78 Å². The Kier molecular flexibility index (Phi) is 5.20. The largest absolute Gasteiger partial charge is 0.461 e. The average molecular weight is 330 g/mol. The molecule has 0 atom stereocenters. The van der Waals surface area contributed by atoms with Gasteiger partial charge in [-0.1, -0.05) is 23.8 Å². The first-order valence-corrected chi connectivity index (χ1v) is 7.43. The first kappa shape index (κ1) is 16.8. The van der Waals surface area contributed by atoms with Crippen LogP contribution in [0.15, 0.2) is 36.7 Å². The van der Waals surface area contributed by atoms with E-state index in [1.165, 1.54) is 6.33 Å². The van der Waals surface area contributed by atoms with Gasteiger partial charge in [0.1, 0.15) is 6.33 Å². The molecule has 0 N–H and O–H groups in total. The van der Waals surface area contributed by atoms with Gasteiger partial charge in [-0.15, -0.1) is 0 Å². The van der Waals surface area contributed by atoms with Gasteiger partial charge >= 0.3 is 5.97 Å². The standard InChI is InChI=1S/C17H16ClN3O2/c1-4-23-17(22)16-14(7-11(2)3)20-10-21(16)15-6-5-12(9-19)8-13(15)18/h5-6,8,10H,2,4,7H2,1,3H3. The number of carbonyl (C=O) groups excluding carboxylic acids is 1. The van der Waals surface area contributed by atoms with Crippen molar-refractivity contribution in [3.8, 4) is 11.8 Å². The van der Waals surface area contributed by atoms with Crippen molar-refractivity contribution in [3.63, 3.8) is 0 Å². The Morgan fingerprint density at radius 2 is 2.26 bits per heavy atom. The molecule has 0 aliphatic heterocycles. The molecule has 23 heavy (non-hydrogen) atoms. The molecule has 0 saturated heterocycles. The Hall–Kier alpha value is -2.58. The molecule has 0 bridgehead atoms. The first-order valence-electron chi connectivity index (χ1n) is 7.05. The zero-order valence-electron chi connectivity index (χ0n) is 13.0. The molecule has 6 heteroatoms. The summed E-state index contributed by atoms with van der Waals surface area (Å²) in [7, 11) is 0. The van der Waals surface area contributed by atoms with Crippen LogP contribution in [0.25, 0.3) is 5.69 Å². The number of rotatable bonds is 5. The normalized spacial score (nSPS) is 10.2. The van der Waals surface area contributed by atoms with Crippen molar-refractivity contribution in [2.75, 3.05) is 6.61 Å². The third kappa shape index (κ3) is 3.61. The molecule has 1 aromatic carbocycles. The number of esters is 1. The van der Waals surface area contributed by atoms with Gasteiger partial charge in [0.2, 0.25) is 0 Å². The fraction of sp³-hybridized carbons (Fsp3) is 0.235. The zero-order chi connectivity index (χ0) is 17.0. The summed E-state index contributed by atoms with van der Waals surface area (Å²) in [5, 5.41) is 9.28. The van der Waals surface area contributed by atoms with Crippen LogP contribution in [0.1, 0.15) is 35.6 Å². The van der Waals surface area contributed by atoms with E-state index in [9.17, 15) is 4.79 Å². The van der Waals surface area contributed by atoms with Gasteiger partial charge in [-0.3, -0.25) is 4.57 Å². The highest BCUT2D eigenvalue weighted by atomic mass is 35.5. The van der Waals surface area contributed by atoms with E-state index in [0.717, 1.165) is 5.57 Å².